The smallest absolute Gasteiger partial charge is 0.260 e. The molecule has 0 aromatic heterocycles. The number of nitrogens with one attached hydrogen (secondary N) is 1. The number of carbonyl (C=O) groups is 2. The number of aryl methyl sites for hydroxylation is 1. The van der Waals surface area contributed by atoms with E-state index in [1.54, 1.807) is 4.90 Å². The molecular formula is C15H20N2O4. The standard InChI is InChI=1S/C15H20N2O4/c1-12-4-2-3-5-13(12)21-11-14(18)17-8-6-16(7-9-17)10-15(19)20/h2-5H,6-11H2,1H3,(H,19,20). The molecule has 114 valence electrons. The Balaban J connectivity index is 1.77. The van der Waals surface area contributed by atoms with E-state index < -0.39 is 5.97 Å². The number of para-hydroxylation sites is 1. The first-order chi connectivity index (χ1) is 10.1. The van der Waals surface area contributed by atoms with Crippen LogP contribution in [0.4, 0.5) is 0 Å². The minimum absolute atomic E-state index is 0.00173. The molecule has 6 heteroatoms. The molecule has 1 fully saturated rings. The SMILES string of the molecule is Cc1ccccc1OCC(=O)N1CC[NH+](CC(=O)[O-])CC1. The van der Waals surface area contributed by atoms with Gasteiger partial charge in [0.1, 0.15) is 12.3 Å². The zero-order valence-electron chi connectivity index (χ0n) is 12.1. The van der Waals surface area contributed by atoms with Crippen molar-refractivity contribution in [2.75, 3.05) is 39.3 Å². The molecule has 1 aliphatic rings. The van der Waals surface area contributed by atoms with Crippen LogP contribution < -0.4 is 14.7 Å². The van der Waals surface area contributed by atoms with Crippen LogP contribution in [0, 0.1) is 6.92 Å². The van der Waals surface area contributed by atoms with Crippen molar-refractivity contribution in [1.29, 1.82) is 0 Å². The molecule has 2 rings (SSSR count). The highest BCUT2D eigenvalue weighted by atomic mass is 16.5. The van der Waals surface area contributed by atoms with E-state index in [9.17, 15) is 14.7 Å². The summed E-state index contributed by atoms with van der Waals surface area (Å²) in [6, 6.07) is 7.56. The Hall–Kier alpha value is -2.08. The molecule has 21 heavy (non-hydrogen) atoms. The molecule has 0 unspecified atom stereocenters. The molecule has 0 aliphatic carbocycles. The second kappa shape index (κ2) is 7.08. The number of hydrogen-bond acceptors (Lipinski definition) is 4. The van der Waals surface area contributed by atoms with Crippen LogP contribution >= 0.6 is 0 Å². The molecule has 6 nitrogen and oxygen atoms in total. The Bertz CT molecular complexity index is 510. The lowest BCUT2D eigenvalue weighted by Gasteiger charge is -2.32. The molecule has 0 atom stereocenters. The fourth-order valence-electron chi connectivity index (χ4n) is 2.40. The van der Waals surface area contributed by atoms with Crippen molar-refractivity contribution in [3.05, 3.63) is 29.8 Å². The molecule has 1 N–H and O–H groups in total. The van der Waals surface area contributed by atoms with Gasteiger partial charge in [0.2, 0.25) is 0 Å². The quantitative estimate of drug-likeness (QED) is 0.671. The minimum atomic E-state index is -1.05. The normalized spacial score (nSPS) is 15.8. The Morgan fingerprint density at radius 1 is 1.29 bits per heavy atom. The first-order valence-corrected chi connectivity index (χ1v) is 7.06. The van der Waals surface area contributed by atoms with E-state index in [-0.39, 0.29) is 19.1 Å². The monoisotopic (exact) mass is 292 g/mol. The second-order valence-corrected chi connectivity index (χ2v) is 5.23. The maximum absolute atomic E-state index is 12.1. The topological polar surface area (TPSA) is 74.1 Å². The summed E-state index contributed by atoms with van der Waals surface area (Å²) >= 11 is 0. The summed E-state index contributed by atoms with van der Waals surface area (Å²) in [5.74, 6) is -0.398. The van der Waals surface area contributed by atoms with E-state index >= 15 is 0 Å². The van der Waals surface area contributed by atoms with Gasteiger partial charge in [0.25, 0.3) is 5.91 Å². The van der Waals surface area contributed by atoms with Gasteiger partial charge in [-0.05, 0) is 18.6 Å². The number of hydrogen-bond donors (Lipinski definition) is 1. The largest absolute Gasteiger partial charge is 0.544 e. The van der Waals surface area contributed by atoms with Crippen molar-refractivity contribution in [2.24, 2.45) is 0 Å². The Morgan fingerprint density at radius 3 is 2.57 bits per heavy atom. The van der Waals surface area contributed by atoms with Crippen molar-refractivity contribution in [2.45, 2.75) is 6.92 Å². The number of aliphatic carboxylic acids is 1. The third-order valence-electron chi connectivity index (χ3n) is 3.66. The lowest BCUT2D eigenvalue weighted by molar-refractivity contribution is -0.898. The van der Waals surface area contributed by atoms with Crippen LogP contribution in [0.15, 0.2) is 24.3 Å². The summed E-state index contributed by atoms with van der Waals surface area (Å²) in [4.78, 5) is 25.3. The molecule has 1 saturated heterocycles. The number of amides is 1. The average molecular weight is 292 g/mol. The lowest BCUT2D eigenvalue weighted by atomic mass is 10.2. The van der Waals surface area contributed by atoms with E-state index in [2.05, 4.69) is 0 Å². The van der Waals surface area contributed by atoms with Gasteiger partial charge in [0.05, 0.1) is 32.1 Å². The predicted octanol–water partition coefficient (Wildman–Crippen LogP) is -2.15. The number of ether oxygens (including phenoxy) is 1. The molecule has 0 radical (unpaired) electrons. The average Bonchev–Trinajstić information content (AvgIpc) is 2.46. The third kappa shape index (κ3) is 4.46. The molecule has 0 saturated carbocycles. The molecule has 1 aromatic carbocycles. The van der Waals surface area contributed by atoms with Gasteiger partial charge in [-0.3, -0.25) is 4.79 Å². The number of carbonyl (C=O) groups excluding carboxylic acids is 2. The van der Waals surface area contributed by atoms with Crippen LogP contribution in [-0.2, 0) is 9.59 Å². The zero-order chi connectivity index (χ0) is 15.2. The highest BCUT2D eigenvalue weighted by molar-refractivity contribution is 5.77. The molecule has 1 aromatic rings. The fraction of sp³-hybridized carbons (Fsp3) is 0.467. The predicted molar refractivity (Wildman–Crippen MR) is 73.8 cm³/mol. The zero-order valence-corrected chi connectivity index (χ0v) is 12.1. The fourth-order valence-corrected chi connectivity index (χ4v) is 2.40. The Labute approximate surface area is 123 Å². The summed E-state index contributed by atoms with van der Waals surface area (Å²) in [5, 5.41) is 10.5. The van der Waals surface area contributed by atoms with E-state index in [0.717, 1.165) is 10.5 Å². The van der Waals surface area contributed by atoms with Crippen molar-refractivity contribution < 1.29 is 24.3 Å². The van der Waals surface area contributed by atoms with Gasteiger partial charge in [-0.2, -0.15) is 0 Å². The van der Waals surface area contributed by atoms with Gasteiger partial charge in [-0.25, -0.2) is 0 Å². The number of benzene rings is 1. The lowest BCUT2D eigenvalue weighted by Crippen LogP contribution is -3.16. The van der Waals surface area contributed by atoms with Gasteiger partial charge in [0.15, 0.2) is 6.61 Å². The first kappa shape index (κ1) is 15.3. The van der Waals surface area contributed by atoms with E-state index in [4.69, 9.17) is 4.74 Å². The van der Waals surface area contributed by atoms with Gasteiger partial charge in [-0.1, -0.05) is 18.2 Å². The van der Waals surface area contributed by atoms with Crippen LogP contribution in [0.1, 0.15) is 5.56 Å². The van der Waals surface area contributed by atoms with E-state index in [1.165, 1.54) is 0 Å². The number of carboxylic acids is 1. The highest BCUT2D eigenvalue weighted by Gasteiger charge is 2.23. The van der Waals surface area contributed by atoms with E-state index in [0.29, 0.717) is 31.9 Å². The van der Waals surface area contributed by atoms with Gasteiger partial charge in [0, 0.05) is 0 Å². The van der Waals surface area contributed by atoms with Gasteiger partial charge in [-0.15, -0.1) is 0 Å². The van der Waals surface area contributed by atoms with Crippen molar-refractivity contribution in [1.82, 2.24) is 4.90 Å². The minimum Gasteiger partial charge on any atom is -0.544 e. The number of nitrogens with zero attached hydrogens (tertiary/aromatic N) is 1. The highest BCUT2D eigenvalue weighted by Crippen LogP contribution is 2.16. The van der Waals surface area contributed by atoms with Crippen molar-refractivity contribution in [3.8, 4) is 5.75 Å². The van der Waals surface area contributed by atoms with E-state index in [1.807, 2.05) is 31.2 Å². The summed E-state index contributed by atoms with van der Waals surface area (Å²) in [5.41, 5.74) is 0.994. The number of quaternary nitrogens is 1. The molecule has 1 amide bonds. The Morgan fingerprint density at radius 2 is 1.95 bits per heavy atom. The molecule has 1 heterocycles. The summed E-state index contributed by atoms with van der Waals surface area (Å²) in [6.07, 6.45) is 0. The maximum Gasteiger partial charge on any atom is 0.260 e. The molecule has 1 aliphatic heterocycles. The van der Waals surface area contributed by atoms with Gasteiger partial charge >= 0.3 is 0 Å². The summed E-state index contributed by atoms with van der Waals surface area (Å²) in [7, 11) is 0. The third-order valence-corrected chi connectivity index (χ3v) is 3.66. The van der Waals surface area contributed by atoms with Crippen LogP contribution in [0.25, 0.3) is 0 Å². The van der Waals surface area contributed by atoms with Crippen LogP contribution in [0.2, 0.25) is 0 Å². The second-order valence-electron chi connectivity index (χ2n) is 5.23. The van der Waals surface area contributed by atoms with Gasteiger partial charge < -0.3 is 24.4 Å². The number of piperazine rings is 1. The molecular weight excluding hydrogens is 272 g/mol. The number of rotatable bonds is 5. The van der Waals surface area contributed by atoms with Crippen LogP contribution in [-0.4, -0.2) is 56.1 Å². The molecule has 0 spiro atoms. The van der Waals surface area contributed by atoms with Crippen molar-refractivity contribution in [3.63, 3.8) is 0 Å². The first-order valence-electron chi connectivity index (χ1n) is 7.06. The van der Waals surface area contributed by atoms with Crippen LogP contribution in [0.3, 0.4) is 0 Å². The molecule has 0 bridgehead atoms. The van der Waals surface area contributed by atoms with Crippen LogP contribution in [0.5, 0.6) is 5.75 Å². The number of carboxylic acid groups (broad SMARTS) is 1. The Kier molecular flexibility index (Phi) is 5.16. The van der Waals surface area contributed by atoms with Crippen molar-refractivity contribution >= 4 is 11.9 Å². The summed E-state index contributed by atoms with van der Waals surface area (Å²) < 4.78 is 5.54. The maximum atomic E-state index is 12.1. The summed E-state index contributed by atoms with van der Waals surface area (Å²) in [6.45, 7) is 4.32.